The van der Waals surface area contributed by atoms with Crippen LogP contribution in [0.5, 0.6) is 0 Å². The fourth-order valence-corrected chi connectivity index (χ4v) is 2.16. The second kappa shape index (κ2) is 6.80. The molecule has 0 unspecified atom stereocenters. The van der Waals surface area contributed by atoms with Crippen molar-refractivity contribution in [3.63, 3.8) is 0 Å². The molecule has 1 aliphatic carbocycles. The molecule has 0 bridgehead atoms. The fourth-order valence-electron chi connectivity index (χ4n) is 2.16. The monoisotopic (exact) mass is 238 g/mol. The number of allylic oxidation sites excluding steroid dienone is 1. The van der Waals surface area contributed by atoms with Crippen LogP contribution in [0.1, 0.15) is 32.4 Å². The van der Waals surface area contributed by atoms with Crippen LogP contribution in [0.15, 0.2) is 54.6 Å². The second-order valence-corrected chi connectivity index (χ2v) is 3.85. The molecule has 0 spiro atoms. The molecule has 0 saturated heterocycles. The van der Waals surface area contributed by atoms with Crippen LogP contribution in [0.3, 0.4) is 0 Å². The molecule has 0 N–H and O–H groups in total. The molecule has 0 radical (unpaired) electrons. The highest BCUT2D eigenvalue weighted by atomic mass is 14.1. The van der Waals surface area contributed by atoms with Crippen LogP contribution in [0.4, 0.5) is 0 Å². The largest absolute Gasteiger partial charge is 0.0795 e. The molecule has 2 aromatic rings. The molecular weight excluding hydrogens is 216 g/mol. The standard InChI is InChI=1S/C15H12.C2H6.CH4/c1-3-10-14-12(6-1)8-5-9-13-7-2-4-11-15(13)14;1-2;/h1-8,10-11H,9H2;1-2H3;1H4. The Labute approximate surface area is 111 Å². The number of hydrogen-bond donors (Lipinski definition) is 0. The summed E-state index contributed by atoms with van der Waals surface area (Å²) in [6.07, 6.45) is 5.49. The number of hydrogen-bond acceptors (Lipinski definition) is 0. The van der Waals surface area contributed by atoms with E-state index in [9.17, 15) is 0 Å². The van der Waals surface area contributed by atoms with E-state index in [2.05, 4.69) is 60.7 Å². The Balaban J connectivity index is 0.000000516. The maximum absolute atomic E-state index is 2.24. The zero-order valence-corrected chi connectivity index (χ0v) is 10.5. The van der Waals surface area contributed by atoms with Crippen molar-refractivity contribution >= 4 is 6.08 Å². The van der Waals surface area contributed by atoms with Crippen molar-refractivity contribution in [2.24, 2.45) is 0 Å². The van der Waals surface area contributed by atoms with Crippen molar-refractivity contribution in [2.75, 3.05) is 0 Å². The Morgan fingerprint density at radius 1 is 0.778 bits per heavy atom. The lowest BCUT2D eigenvalue weighted by Gasteiger charge is -2.07. The van der Waals surface area contributed by atoms with E-state index in [4.69, 9.17) is 0 Å². The summed E-state index contributed by atoms with van der Waals surface area (Å²) in [5, 5.41) is 0. The van der Waals surface area contributed by atoms with Gasteiger partial charge in [0.15, 0.2) is 0 Å². The minimum Gasteiger partial charge on any atom is -0.0795 e. The summed E-state index contributed by atoms with van der Waals surface area (Å²) in [5.41, 5.74) is 5.46. The molecule has 0 heterocycles. The zero-order valence-electron chi connectivity index (χ0n) is 10.5. The maximum Gasteiger partial charge on any atom is -0.00879 e. The summed E-state index contributed by atoms with van der Waals surface area (Å²) in [6.45, 7) is 4.00. The predicted octanol–water partition coefficient (Wildman–Crippen LogP) is 5.59. The summed E-state index contributed by atoms with van der Waals surface area (Å²) in [7, 11) is 0. The van der Waals surface area contributed by atoms with Crippen molar-refractivity contribution in [1.82, 2.24) is 0 Å². The van der Waals surface area contributed by atoms with E-state index < -0.39 is 0 Å². The van der Waals surface area contributed by atoms with E-state index >= 15 is 0 Å². The summed E-state index contributed by atoms with van der Waals surface area (Å²) in [4.78, 5) is 0. The van der Waals surface area contributed by atoms with E-state index in [1.54, 1.807) is 0 Å². The van der Waals surface area contributed by atoms with Gasteiger partial charge in [0.05, 0.1) is 0 Å². The molecule has 3 rings (SSSR count). The third-order valence-corrected chi connectivity index (χ3v) is 2.90. The van der Waals surface area contributed by atoms with Gasteiger partial charge < -0.3 is 0 Å². The number of rotatable bonds is 0. The predicted molar refractivity (Wildman–Crippen MR) is 82.7 cm³/mol. The maximum atomic E-state index is 2.24. The minimum atomic E-state index is 0. The average Bonchev–Trinajstić information content (AvgIpc) is 2.60. The normalized spacial score (nSPS) is 11.0. The van der Waals surface area contributed by atoms with E-state index in [1.165, 1.54) is 22.3 Å². The minimum absolute atomic E-state index is 0. The Morgan fingerprint density at radius 2 is 1.39 bits per heavy atom. The average molecular weight is 238 g/mol. The summed E-state index contributed by atoms with van der Waals surface area (Å²) < 4.78 is 0. The lowest BCUT2D eigenvalue weighted by Crippen LogP contribution is -1.86. The van der Waals surface area contributed by atoms with Crippen molar-refractivity contribution in [2.45, 2.75) is 27.7 Å². The Kier molecular flexibility index (Phi) is 5.38. The van der Waals surface area contributed by atoms with Crippen LogP contribution in [-0.2, 0) is 6.42 Å². The Hall–Kier alpha value is -1.82. The molecule has 0 aromatic heterocycles. The van der Waals surface area contributed by atoms with Gasteiger partial charge in [0, 0.05) is 0 Å². The van der Waals surface area contributed by atoms with Crippen LogP contribution >= 0.6 is 0 Å². The Bertz CT molecular complexity index is 521. The molecule has 1 aliphatic rings. The van der Waals surface area contributed by atoms with Gasteiger partial charge in [-0.1, -0.05) is 82.0 Å². The van der Waals surface area contributed by atoms with Gasteiger partial charge in [-0.15, -0.1) is 0 Å². The quantitative estimate of drug-likeness (QED) is 0.561. The summed E-state index contributed by atoms with van der Waals surface area (Å²) in [5.74, 6) is 0. The van der Waals surface area contributed by atoms with Crippen molar-refractivity contribution in [1.29, 1.82) is 0 Å². The van der Waals surface area contributed by atoms with Gasteiger partial charge in [0.1, 0.15) is 0 Å². The highest BCUT2D eigenvalue weighted by Gasteiger charge is 2.08. The molecule has 0 atom stereocenters. The molecular formula is C18H22. The van der Waals surface area contributed by atoms with Gasteiger partial charge in [-0.2, -0.15) is 0 Å². The van der Waals surface area contributed by atoms with E-state index in [1.807, 2.05) is 13.8 Å². The van der Waals surface area contributed by atoms with Gasteiger partial charge in [-0.3, -0.25) is 0 Å². The van der Waals surface area contributed by atoms with Crippen molar-refractivity contribution in [3.8, 4) is 11.1 Å². The van der Waals surface area contributed by atoms with Gasteiger partial charge in [-0.05, 0) is 28.7 Å². The van der Waals surface area contributed by atoms with E-state index in [0.29, 0.717) is 0 Å². The molecule has 0 aliphatic heterocycles. The van der Waals surface area contributed by atoms with Gasteiger partial charge in [0.25, 0.3) is 0 Å². The fraction of sp³-hybridized carbons (Fsp3) is 0.222. The van der Waals surface area contributed by atoms with Crippen LogP contribution in [0.25, 0.3) is 17.2 Å². The van der Waals surface area contributed by atoms with Crippen LogP contribution in [0, 0.1) is 0 Å². The zero-order chi connectivity index (χ0) is 12.1. The summed E-state index contributed by atoms with van der Waals surface area (Å²) in [6, 6.07) is 17.2. The molecule has 0 nitrogen and oxygen atoms in total. The third kappa shape index (κ3) is 2.70. The second-order valence-electron chi connectivity index (χ2n) is 3.85. The molecule has 2 aromatic carbocycles. The van der Waals surface area contributed by atoms with E-state index in [-0.39, 0.29) is 7.43 Å². The number of benzene rings is 2. The SMILES string of the molecule is C.C1=Cc2ccccc2-c2ccccc2C1.CC. The van der Waals surface area contributed by atoms with Crippen molar-refractivity contribution < 1.29 is 0 Å². The van der Waals surface area contributed by atoms with Crippen molar-refractivity contribution in [3.05, 3.63) is 65.7 Å². The van der Waals surface area contributed by atoms with Crippen LogP contribution < -0.4 is 0 Å². The molecule has 18 heavy (non-hydrogen) atoms. The highest BCUT2D eigenvalue weighted by molar-refractivity contribution is 5.79. The van der Waals surface area contributed by atoms with Gasteiger partial charge in [0.2, 0.25) is 0 Å². The Morgan fingerprint density at radius 3 is 2.17 bits per heavy atom. The lowest BCUT2D eigenvalue weighted by atomic mass is 9.97. The van der Waals surface area contributed by atoms with Crippen LogP contribution in [0.2, 0.25) is 0 Å². The third-order valence-electron chi connectivity index (χ3n) is 2.90. The van der Waals surface area contributed by atoms with Gasteiger partial charge >= 0.3 is 0 Å². The topological polar surface area (TPSA) is 0 Å². The molecule has 0 saturated carbocycles. The smallest absolute Gasteiger partial charge is 0.00879 e. The van der Waals surface area contributed by atoms with Crippen LogP contribution in [-0.4, -0.2) is 0 Å². The first-order valence-corrected chi connectivity index (χ1v) is 6.29. The van der Waals surface area contributed by atoms with E-state index in [0.717, 1.165) is 6.42 Å². The first kappa shape index (κ1) is 14.2. The van der Waals surface area contributed by atoms with Gasteiger partial charge in [-0.25, -0.2) is 0 Å². The number of fused-ring (bicyclic) bond motifs is 3. The molecule has 0 fully saturated rings. The first-order valence-electron chi connectivity index (χ1n) is 6.29. The first-order chi connectivity index (χ1) is 8.45. The summed E-state index contributed by atoms with van der Waals surface area (Å²) >= 11 is 0. The lowest BCUT2D eigenvalue weighted by molar-refractivity contribution is 1.29. The molecule has 0 heteroatoms. The molecule has 0 amide bonds. The highest BCUT2D eigenvalue weighted by Crippen LogP contribution is 2.30. The molecule has 94 valence electrons.